The summed E-state index contributed by atoms with van der Waals surface area (Å²) in [7, 11) is 0. The van der Waals surface area contributed by atoms with Crippen molar-refractivity contribution in [3.05, 3.63) is 0 Å². The number of esters is 2. The molecule has 0 aliphatic rings. The molecule has 0 spiro atoms. The van der Waals surface area contributed by atoms with Gasteiger partial charge in [0.1, 0.15) is 0 Å². The average molecular weight is 452 g/mol. The summed E-state index contributed by atoms with van der Waals surface area (Å²) in [6, 6.07) is 0. The topological polar surface area (TPSA) is 105 Å². The van der Waals surface area contributed by atoms with E-state index in [0.717, 1.165) is 12.8 Å². The van der Waals surface area contributed by atoms with Gasteiger partial charge in [0.25, 0.3) is 0 Å². The molecule has 0 radical (unpaired) electrons. The molecule has 0 bridgehead atoms. The van der Waals surface area contributed by atoms with Crippen molar-refractivity contribution in [1.29, 1.82) is 0 Å². The summed E-state index contributed by atoms with van der Waals surface area (Å²) in [6.07, 6.45) is 2.85. The third-order valence-electron chi connectivity index (χ3n) is 4.31. The van der Waals surface area contributed by atoms with Gasteiger partial charge in [-0.2, -0.15) is 0 Å². The number of ether oxygens (including phenoxy) is 2. The van der Waals surface area contributed by atoms with Gasteiger partial charge in [-0.25, -0.2) is 0 Å². The molecular formula is C20H36O8Ti. The first-order chi connectivity index (χ1) is 13.7. The van der Waals surface area contributed by atoms with Gasteiger partial charge in [0.15, 0.2) is 0 Å². The molecule has 0 saturated heterocycles. The third kappa shape index (κ3) is 8.28. The molecule has 0 heterocycles. The molecule has 0 aromatic rings. The van der Waals surface area contributed by atoms with Gasteiger partial charge in [-0.05, 0) is 0 Å². The van der Waals surface area contributed by atoms with Crippen LogP contribution in [0.1, 0.15) is 67.2 Å². The number of carbonyl (C=O) groups excluding carboxylic acids is 4. The zero-order valence-corrected chi connectivity index (χ0v) is 20.1. The number of Topliss-reactive ketones (excluding diaryl/α,β-unsaturated/α-hetero) is 2. The van der Waals surface area contributed by atoms with Crippen molar-refractivity contribution in [2.24, 2.45) is 0 Å². The van der Waals surface area contributed by atoms with Crippen molar-refractivity contribution in [3.8, 4) is 0 Å². The molecule has 0 saturated carbocycles. The number of rotatable bonds is 16. The summed E-state index contributed by atoms with van der Waals surface area (Å²) in [6.45, 7) is 10.1. The van der Waals surface area contributed by atoms with E-state index in [9.17, 15) is 19.2 Å². The maximum absolute atomic E-state index is 12.8. The average Bonchev–Trinajstić information content (AvgIpc) is 2.62. The molecule has 0 amide bonds. The second-order valence-electron chi connectivity index (χ2n) is 6.72. The van der Waals surface area contributed by atoms with Crippen LogP contribution in [0.3, 0.4) is 0 Å². The van der Waals surface area contributed by atoms with Gasteiger partial charge < -0.3 is 0 Å². The van der Waals surface area contributed by atoms with Crippen molar-refractivity contribution >= 4 is 23.5 Å². The number of hydrogen-bond donors (Lipinski definition) is 0. The number of hydrogen-bond acceptors (Lipinski definition) is 8. The first-order valence-corrected chi connectivity index (χ1v) is 13.4. The SMILES string of the molecule is CCCC[O][Ti]([O]CCCC)([CH](C(C)=O)C(=O)OCC)[CH](C(C)=O)C(=O)OCC. The van der Waals surface area contributed by atoms with Gasteiger partial charge in [0.2, 0.25) is 0 Å². The normalized spacial score (nSPS) is 13.4. The van der Waals surface area contributed by atoms with E-state index in [4.69, 9.17) is 16.1 Å². The van der Waals surface area contributed by atoms with E-state index in [2.05, 4.69) is 0 Å². The van der Waals surface area contributed by atoms with Crippen molar-refractivity contribution in [1.82, 2.24) is 0 Å². The summed E-state index contributed by atoms with van der Waals surface area (Å²) in [4.78, 5) is 50.8. The fraction of sp³-hybridized carbons (Fsp3) is 0.800. The van der Waals surface area contributed by atoms with Crippen LogP contribution in [0.5, 0.6) is 0 Å². The predicted octanol–water partition coefficient (Wildman–Crippen LogP) is 3.48. The summed E-state index contributed by atoms with van der Waals surface area (Å²) in [5.74, 6) is -2.70. The first kappa shape index (κ1) is 27.9. The maximum atomic E-state index is 12.8. The Labute approximate surface area is 178 Å². The van der Waals surface area contributed by atoms with Crippen LogP contribution in [0.25, 0.3) is 0 Å². The minimum atomic E-state index is -4.80. The molecule has 168 valence electrons. The molecule has 0 aromatic carbocycles. The van der Waals surface area contributed by atoms with Gasteiger partial charge in [0.05, 0.1) is 0 Å². The Hall–Kier alpha value is -1.09. The molecular weight excluding hydrogens is 416 g/mol. The van der Waals surface area contributed by atoms with Crippen LogP contribution in [0.2, 0.25) is 8.45 Å². The zero-order valence-electron chi connectivity index (χ0n) is 18.6. The second kappa shape index (κ2) is 14.8. The third-order valence-corrected chi connectivity index (χ3v) is 10.9. The Balaban J connectivity index is 6.57. The van der Waals surface area contributed by atoms with Crippen LogP contribution in [-0.4, -0.2) is 49.9 Å². The fourth-order valence-corrected chi connectivity index (χ4v) is 9.17. The zero-order chi connectivity index (χ0) is 22.4. The molecule has 0 aromatic heterocycles. The predicted molar refractivity (Wildman–Crippen MR) is 104 cm³/mol. The Morgan fingerprint density at radius 1 is 0.690 bits per heavy atom. The standard InChI is InChI=1S/2C6H9O3.2C4H9O.Ti/c2*1-3-9-6(8)4-5(2)7;2*1-2-3-4-5;/h2*4H,3H2,1-2H3;2*2-4H2,1H3;/q;;2*-1;+2. The Kier molecular flexibility index (Phi) is 14.3. The monoisotopic (exact) mass is 452 g/mol. The Morgan fingerprint density at radius 3 is 1.28 bits per heavy atom. The van der Waals surface area contributed by atoms with Crippen LogP contribution in [0, 0.1) is 0 Å². The summed E-state index contributed by atoms with van der Waals surface area (Å²) >= 11 is -4.80. The Morgan fingerprint density at radius 2 is 1.03 bits per heavy atom. The summed E-state index contributed by atoms with van der Waals surface area (Å²) < 4.78 is 19.6. The van der Waals surface area contributed by atoms with Gasteiger partial charge in [-0.15, -0.1) is 0 Å². The van der Waals surface area contributed by atoms with Crippen LogP contribution < -0.4 is 0 Å². The van der Waals surface area contributed by atoms with Crippen LogP contribution >= 0.6 is 0 Å². The molecule has 2 unspecified atom stereocenters. The van der Waals surface area contributed by atoms with Crippen LogP contribution in [0.4, 0.5) is 0 Å². The van der Waals surface area contributed by atoms with Gasteiger partial charge in [-0.1, -0.05) is 0 Å². The molecule has 0 fully saturated rings. The molecule has 0 aliphatic carbocycles. The fourth-order valence-electron chi connectivity index (χ4n) is 2.97. The number of unbranched alkanes of at least 4 members (excludes halogenated alkanes) is 2. The van der Waals surface area contributed by atoms with Crippen molar-refractivity contribution in [2.45, 2.75) is 75.7 Å². The molecule has 2 atom stereocenters. The molecule has 0 N–H and O–H groups in total. The van der Waals surface area contributed by atoms with E-state index < -0.39 is 49.3 Å². The Bertz CT molecular complexity index is 501. The van der Waals surface area contributed by atoms with Gasteiger partial charge in [-0.3, -0.25) is 0 Å². The van der Waals surface area contributed by atoms with E-state index >= 15 is 0 Å². The van der Waals surface area contributed by atoms with E-state index in [1.165, 1.54) is 13.8 Å². The summed E-state index contributed by atoms with van der Waals surface area (Å²) in [5.41, 5.74) is 0. The van der Waals surface area contributed by atoms with E-state index in [0.29, 0.717) is 12.8 Å². The number of ketones is 2. The molecule has 8 nitrogen and oxygen atoms in total. The van der Waals surface area contributed by atoms with Gasteiger partial charge in [0, 0.05) is 0 Å². The van der Waals surface area contributed by atoms with E-state index in [1.807, 2.05) is 13.8 Å². The second-order valence-corrected chi connectivity index (χ2v) is 11.7. The van der Waals surface area contributed by atoms with Crippen molar-refractivity contribution < 1.29 is 52.7 Å². The minimum absolute atomic E-state index is 0.0506. The first-order valence-electron chi connectivity index (χ1n) is 10.3. The van der Waals surface area contributed by atoms with Crippen LogP contribution in [0.15, 0.2) is 0 Å². The van der Waals surface area contributed by atoms with Gasteiger partial charge >= 0.3 is 178 Å². The number of carbonyl (C=O) groups is 4. The van der Waals surface area contributed by atoms with Crippen molar-refractivity contribution in [3.63, 3.8) is 0 Å². The van der Waals surface area contributed by atoms with Crippen molar-refractivity contribution in [2.75, 3.05) is 26.4 Å². The van der Waals surface area contributed by atoms with E-state index in [1.54, 1.807) is 13.8 Å². The van der Waals surface area contributed by atoms with Crippen LogP contribution in [-0.2, 0) is 52.7 Å². The molecule has 29 heavy (non-hydrogen) atoms. The molecule has 0 aliphatic heterocycles. The quantitative estimate of drug-likeness (QED) is 0.152. The summed E-state index contributed by atoms with van der Waals surface area (Å²) in [5, 5.41) is 0. The molecule has 9 heteroatoms. The molecule has 0 rings (SSSR count). The van der Waals surface area contributed by atoms with E-state index in [-0.39, 0.29) is 26.4 Å².